The van der Waals surface area contributed by atoms with Gasteiger partial charge in [0.2, 0.25) is 5.91 Å². The van der Waals surface area contributed by atoms with Gasteiger partial charge in [0.05, 0.1) is 5.41 Å². The maximum Gasteiger partial charge on any atom is 0.230 e. The molecular weight excluding hydrogens is 272 g/mol. The molecule has 2 aliphatic rings. The molecule has 1 heterocycles. The molecule has 1 aliphatic heterocycles. The first-order chi connectivity index (χ1) is 10.8. The van der Waals surface area contributed by atoms with Gasteiger partial charge in [-0.2, -0.15) is 0 Å². The average Bonchev–Trinajstić information content (AvgIpc) is 3.00. The highest BCUT2D eigenvalue weighted by molar-refractivity contribution is 5.89. The highest BCUT2D eigenvalue weighted by atomic mass is 16.2. The van der Waals surface area contributed by atoms with E-state index in [-0.39, 0.29) is 11.3 Å². The van der Waals surface area contributed by atoms with Gasteiger partial charge in [0.1, 0.15) is 0 Å². The Kier molecular flexibility index (Phi) is 5.14. The predicted molar refractivity (Wildman–Crippen MR) is 89.9 cm³/mol. The van der Waals surface area contributed by atoms with Crippen molar-refractivity contribution in [2.24, 2.45) is 0 Å². The molecule has 3 rings (SSSR count). The van der Waals surface area contributed by atoms with E-state index in [1.165, 1.54) is 44.5 Å². The van der Waals surface area contributed by atoms with Crippen LogP contribution in [-0.4, -0.2) is 37.0 Å². The van der Waals surface area contributed by atoms with E-state index >= 15 is 0 Å². The Morgan fingerprint density at radius 3 is 2.41 bits per heavy atom. The largest absolute Gasteiger partial charge is 0.355 e. The van der Waals surface area contributed by atoms with Gasteiger partial charge in [0.25, 0.3) is 0 Å². The maximum atomic E-state index is 12.6. The Morgan fingerprint density at radius 2 is 1.77 bits per heavy atom. The molecule has 0 aromatic heterocycles. The minimum Gasteiger partial charge on any atom is -0.355 e. The third-order valence-corrected chi connectivity index (χ3v) is 5.35. The molecule has 1 saturated heterocycles. The Labute approximate surface area is 134 Å². The fraction of sp³-hybridized carbons (Fsp3) is 0.632. The van der Waals surface area contributed by atoms with Crippen molar-refractivity contribution < 1.29 is 4.79 Å². The Balaban J connectivity index is 1.43. The molecule has 1 saturated carbocycles. The van der Waals surface area contributed by atoms with Crippen molar-refractivity contribution >= 4 is 5.91 Å². The van der Waals surface area contributed by atoms with Crippen molar-refractivity contribution in [1.29, 1.82) is 0 Å². The Morgan fingerprint density at radius 1 is 1.05 bits per heavy atom. The Hall–Kier alpha value is -1.35. The number of nitrogens with zero attached hydrogens (tertiary/aromatic N) is 1. The van der Waals surface area contributed by atoms with Crippen LogP contribution < -0.4 is 5.32 Å². The van der Waals surface area contributed by atoms with Crippen molar-refractivity contribution in [2.45, 2.75) is 50.4 Å². The van der Waals surface area contributed by atoms with Crippen LogP contribution in [0.15, 0.2) is 30.3 Å². The number of hydrogen-bond acceptors (Lipinski definition) is 2. The van der Waals surface area contributed by atoms with Crippen LogP contribution in [0.3, 0.4) is 0 Å². The van der Waals surface area contributed by atoms with E-state index in [0.29, 0.717) is 0 Å². The van der Waals surface area contributed by atoms with Gasteiger partial charge in [-0.05, 0) is 63.7 Å². The van der Waals surface area contributed by atoms with Crippen LogP contribution >= 0.6 is 0 Å². The van der Waals surface area contributed by atoms with Crippen LogP contribution in [0.2, 0.25) is 0 Å². The number of unbranched alkanes of at least 4 members (excludes halogenated alkanes) is 1. The van der Waals surface area contributed by atoms with Crippen molar-refractivity contribution in [3.63, 3.8) is 0 Å². The smallest absolute Gasteiger partial charge is 0.230 e. The molecule has 1 amide bonds. The number of benzene rings is 1. The predicted octanol–water partition coefficient (Wildman–Crippen LogP) is 3.10. The fourth-order valence-electron chi connectivity index (χ4n) is 3.77. The molecule has 1 N–H and O–H groups in total. The van der Waals surface area contributed by atoms with Crippen LogP contribution in [0.1, 0.15) is 50.5 Å². The van der Waals surface area contributed by atoms with E-state index in [1.807, 2.05) is 18.2 Å². The number of likely N-dealkylation sites (tertiary alicyclic amines) is 1. The van der Waals surface area contributed by atoms with Gasteiger partial charge in [-0.1, -0.05) is 36.8 Å². The minimum atomic E-state index is -0.240. The van der Waals surface area contributed by atoms with Crippen molar-refractivity contribution in [2.75, 3.05) is 26.2 Å². The molecule has 2 fully saturated rings. The summed E-state index contributed by atoms with van der Waals surface area (Å²) in [6.07, 6.45) is 8.16. The standard InChI is InChI=1S/C19H28N2O/c22-18(20-13-4-5-14-21-15-6-7-16-21)19(11-8-12-19)17-9-2-1-3-10-17/h1-3,9-10H,4-8,11-16H2,(H,20,22). The summed E-state index contributed by atoms with van der Waals surface area (Å²) < 4.78 is 0. The van der Waals surface area contributed by atoms with Gasteiger partial charge in [0, 0.05) is 6.54 Å². The molecule has 1 aromatic carbocycles. The zero-order valence-corrected chi connectivity index (χ0v) is 13.5. The second kappa shape index (κ2) is 7.28. The summed E-state index contributed by atoms with van der Waals surface area (Å²) in [7, 11) is 0. The molecule has 22 heavy (non-hydrogen) atoms. The van der Waals surface area contributed by atoms with Gasteiger partial charge in [-0.15, -0.1) is 0 Å². The van der Waals surface area contributed by atoms with Crippen LogP contribution in [0.5, 0.6) is 0 Å². The maximum absolute atomic E-state index is 12.6. The molecule has 1 aromatic rings. The quantitative estimate of drug-likeness (QED) is 0.785. The SMILES string of the molecule is O=C(NCCCCN1CCCC1)C1(c2ccccc2)CCC1. The second-order valence-corrected chi connectivity index (χ2v) is 6.81. The van der Waals surface area contributed by atoms with E-state index in [0.717, 1.165) is 32.2 Å². The summed E-state index contributed by atoms with van der Waals surface area (Å²) in [5.41, 5.74) is 0.951. The third kappa shape index (κ3) is 3.35. The first kappa shape index (κ1) is 15.5. The van der Waals surface area contributed by atoms with E-state index in [9.17, 15) is 4.79 Å². The summed E-state index contributed by atoms with van der Waals surface area (Å²) in [5.74, 6) is 0.242. The van der Waals surface area contributed by atoms with E-state index in [4.69, 9.17) is 0 Å². The lowest BCUT2D eigenvalue weighted by Gasteiger charge is -2.40. The molecule has 0 unspecified atom stereocenters. The molecule has 3 nitrogen and oxygen atoms in total. The van der Waals surface area contributed by atoms with E-state index in [1.54, 1.807) is 0 Å². The lowest BCUT2D eigenvalue weighted by molar-refractivity contribution is -0.129. The van der Waals surface area contributed by atoms with Crippen molar-refractivity contribution in [3.8, 4) is 0 Å². The van der Waals surface area contributed by atoms with Gasteiger partial charge in [-0.3, -0.25) is 4.79 Å². The number of hydrogen-bond donors (Lipinski definition) is 1. The number of nitrogens with one attached hydrogen (secondary N) is 1. The fourth-order valence-corrected chi connectivity index (χ4v) is 3.77. The summed E-state index contributed by atoms with van der Waals surface area (Å²) >= 11 is 0. The number of carbonyl (C=O) groups is 1. The zero-order valence-electron chi connectivity index (χ0n) is 13.5. The number of rotatable bonds is 7. The topological polar surface area (TPSA) is 32.3 Å². The summed E-state index contributed by atoms with van der Waals surface area (Å²) in [5, 5.41) is 3.19. The number of carbonyl (C=O) groups excluding carboxylic acids is 1. The molecule has 0 spiro atoms. The van der Waals surface area contributed by atoms with Gasteiger partial charge >= 0.3 is 0 Å². The van der Waals surface area contributed by atoms with Gasteiger partial charge in [-0.25, -0.2) is 0 Å². The molecular formula is C19H28N2O. The monoisotopic (exact) mass is 300 g/mol. The lowest BCUT2D eigenvalue weighted by atomic mass is 9.64. The molecule has 3 heteroatoms. The molecule has 0 bridgehead atoms. The first-order valence-corrected chi connectivity index (χ1v) is 8.87. The summed E-state index contributed by atoms with van der Waals surface area (Å²) in [6, 6.07) is 10.3. The van der Waals surface area contributed by atoms with E-state index < -0.39 is 0 Å². The van der Waals surface area contributed by atoms with Crippen LogP contribution in [0.25, 0.3) is 0 Å². The van der Waals surface area contributed by atoms with Crippen LogP contribution in [0.4, 0.5) is 0 Å². The van der Waals surface area contributed by atoms with Crippen molar-refractivity contribution in [3.05, 3.63) is 35.9 Å². The third-order valence-electron chi connectivity index (χ3n) is 5.35. The highest BCUT2D eigenvalue weighted by Gasteiger charge is 2.45. The normalized spacial score (nSPS) is 20.5. The summed E-state index contributed by atoms with van der Waals surface area (Å²) in [4.78, 5) is 15.2. The van der Waals surface area contributed by atoms with Crippen LogP contribution in [0, 0.1) is 0 Å². The lowest BCUT2D eigenvalue weighted by Crippen LogP contribution is -2.49. The zero-order chi connectivity index (χ0) is 15.3. The second-order valence-electron chi connectivity index (χ2n) is 6.81. The Bertz CT molecular complexity index is 475. The molecule has 0 radical (unpaired) electrons. The first-order valence-electron chi connectivity index (χ1n) is 8.87. The van der Waals surface area contributed by atoms with Gasteiger partial charge < -0.3 is 10.2 Å². The van der Waals surface area contributed by atoms with Crippen LogP contribution in [-0.2, 0) is 10.2 Å². The highest BCUT2D eigenvalue weighted by Crippen LogP contribution is 2.43. The molecule has 0 atom stereocenters. The number of amides is 1. The van der Waals surface area contributed by atoms with E-state index in [2.05, 4.69) is 22.3 Å². The molecule has 120 valence electrons. The molecule has 1 aliphatic carbocycles. The minimum absolute atomic E-state index is 0.240. The van der Waals surface area contributed by atoms with Gasteiger partial charge in [0.15, 0.2) is 0 Å². The average molecular weight is 300 g/mol. The summed E-state index contributed by atoms with van der Waals surface area (Å²) in [6.45, 7) is 4.55. The van der Waals surface area contributed by atoms with Crippen molar-refractivity contribution in [1.82, 2.24) is 10.2 Å².